The Labute approximate surface area is 126 Å². The van der Waals surface area contributed by atoms with Crippen LogP contribution in [0.4, 0.5) is 0 Å². The highest BCUT2D eigenvalue weighted by atomic mass is 16.2. The van der Waals surface area contributed by atoms with Crippen molar-refractivity contribution in [2.24, 2.45) is 5.41 Å². The molecule has 2 amide bonds. The van der Waals surface area contributed by atoms with E-state index in [1.165, 1.54) is 0 Å². The Bertz CT molecular complexity index is 414. The lowest BCUT2D eigenvalue weighted by Crippen LogP contribution is -2.55. The molecule has 3 fully saturated rings. The lowest BCUT2D eigenvalue weighted by molar-refractivity contribution is -0.148. The van der Waals surface area contributed by atoms with E-state index in [4.69, 9.17) is 0 Å². The van der Waals surface area contributed by atoms with Crippen molar-refractivity contribution in [1.29, 1.82) is 0 Å². The Kier molecular flexibility index (Phi) is 4.20. The van der Waals surface area contributed by atoms with Crippen LogP contribution in [0, 0.1) is 5.41 Å². The molecular weight excluding hydrogens is 266 g/mol. The minimum atomic E-state index is -0.291. The van der Waals surface area contributed by atoms with Crippen molar-refractivity contribution in [2.45, 2.75) is 64.0 Å². The van der Waals surface area contributed by atoms with Gasteiger partial charge >= 0.3 is 0 Å². The molecule has 2 unspecified atom stereocenters. The molecule has 1 aliphatic carbocycles. The molecule has 0 bridgehead atoms. The number of amides is 2. The van der Waals surface area contributed by atoms with Gasteiger partial charge in [0.2, 0.25) is 11.8 Å². The molecule has 5 nitrogen and oxygen atoms in total. The van der Waals surface area contributed by atoms with Crippen LogP contribution in [0.5, 0.6) is 0 Å². The Morgan fingerprint density at radius 1 is 1.29 bits per heavy atom. The van der Waals surface area contributed by atoms with Crippen LogP contribution in [0.15, 0.2) is 0 Å². The van der Waals surface area contributed by atoms with Gasteiger partial charge in [0.25, 0.3) is 0 Å². The van der Waals surface area contributed by atoms with Crippen LogP contribution in [-0.4, -0.2) is 48.4 Å². The summed E-state index contributed by atoms with van der Waals surface area (Å²) < 4.78 is 0. The third-order valence-corrected chi connectivity index (χ3v) is 5.34. The third-order valence-electron chi connectivity index (χ3n) is 5.34. The number of nitrogens with one attached hydrogen (secondary N) is 2. The fourth-order valence-electron chi connectivity index (χ4n) is 3.72. The number of carbonyl (C=O) groups excluding carboxylic acids is 2. The minimum absolute atomic E-state index is 0.0679. The van der Waals surface area contributed by atoms with E-state index in [9.17, 15) is 9.59 Å². The van der Waals surface area contributed by atoms with E-state index in [0.717, 1.165) is 64.6 Å². The zero-order valence-electron chi connectivity index (χ0n) is 13.0. The van der Waals surface area contributed by atoms with Crippen molar-refractivity contribution in [3.05, 3.63) is 0 Å². The molecule has 0 aromatic heterocycles. The topological polar surface area (TPSA) is 61.4 Å². The molecule has 3 aliphatic rings. The van der Waals surface area contributed by atoms with Crippen molar-refractivity contribution >= 4 is 11.8 Å². The molecule has 1 saturated carbocycles. The molecule has 118 valence electrons. The van der Waals surface area contributed by atoms with E-state index in [1.54, 1.807) is 0 Å². The van der Waals surface area contributed by atoms with Gasteiger partial charge in [0.1, 0.15) is 6.04 Å². The van der Waals surface area contributed by atoms with E-state index in [-0.39, 0.29) is 23.3 Å². The first-order valence-electron chi connectivity index (χ1n) is 8.48. The van der Waals surface area contributed by atoms with Gasteiger partial charge in [0.15, 0.2) is 0 Å². The maximum absolute atomic E-state index is 13.1. The van der Waals surface area contributed by atoms with Crippen LogP contribution >= 0.6 is 0 Å². The van der Waals surface area contributed by atoms with Gasteiger partial charge in [-0.1, -0.05) is 6.92 Å². The highest BCUT2D eigenvalue weighted by Gasteiger charge is 2.45. The molecule has 2 N–H and O–H groups in total. The smallest absolute Gasteiger partial charge is 0.243 e. The minimum Gasteiger partial charge on any atom is -0.352 e. The monoisotopic (exact) mass is 293 g/mol. The Balaban J connectivity index is 1.70. The Hall–Kier alpha value is -1.10. The number of rotatable bonds is 4. The van der Waals surface area contributed by atoms with Crippen molar-refractivity contribution in [2.75, 3.05) is 19.6 Å². The number of carbonyl (C=O) groups is 2. The van der Waals surface area contributed by atoms with Crippen molar-refractivity contribution in [3.63, 3.8) is 0 Å². The maximum atomic E-state index is 13.1. The van der Waals surface area contributed by atoms with Gasteiger partial charge in [0, 0.05) is 19.1 Å². The molecule has 0 spiro atoms. The first-order chi connectivity index (χ1) is 10.2. The van der Waals surface area contributed by atoms with Gasteiger partial charge in [-0.05, 0) is 51.5 Å². The maximum Gasteiger partial charge on any atom is 0.243 e. The van der Waals surface area contributed by atoms with Crippen LogP contribution < -0.4 is 10.6 Å². The predicted octanol–water partition coefficient (Wildman–Crippen LogP) is 1.04. The van der Waals surface area contributed by atoms with Crippen LogP contribution in [-0.2, 0) is 9.59 Å². The van der Waals surface area contributed by atoms with Crippen molar-refractivity contribution < 1.29 is 9.59 Å². The number of piperidine rings is 1. The highest BCUT2D eigenvalue weighted by molar-refractivity contribution is 5.91. The lowest BCUT2D eigenvalue weighted by atomic mass is 9.77. The van der Waals surface area contributed by atoms with Crippen LogP contribution in [0.3, 0.4) is 0 Å². The second-order valence-corrected chi connectivity index (χ2v) is 6.85. The van der Waals surface area contributed by atoms with E-state index < -0.39 is 0 Å². The van der Waals surface area contributed by atoms with E-state index in [1.807, 2.05) is 4.90 Å². The van der Waals surface area contributed by atoms with E-state index in [0.29, 0.717) is 6.04 Å². The average molecular weight is 293 g/mol. The molecular formula is C16H27N3O2. The summed E-state index contributed by atoms with van der Waals surface area (Å²) in [6, 6.07) is 0.134. The highest BCUT2D eigenvalue weighted by Crippen LogP contribution is 2.35. The molecule has 21 heavy (non-hydrogen) atoms. The molecule has 0 aromatic carbocycles. The molecule has 3 rings (SSSR count). The van der Waals surface area contributed by atoms with Gasteiger partial charge in [-0.3, -0.25) is 9.59 Å². The van der Waals surface area contributed by atoms with Crippen LogP contribution in [0.1, 0.15) is 51.9 Å². The van der Waals surface area contributed by atoms with Gasteiger partial charge < -0.3 is 15.5 Å². The SMILES string of the molecule is CCC1(C(=O)N2CCCC2C(=O)NC2CC2)CCCNC1. The number of likely N-dealkylation sites (tertiary alicyclic amines) is 1. The zero-order valence-corrected chi connectivity index (χ0v) is 13.0. The van der Waals surface area contributed by atoms with Crippen molar-refractivity contribution in [3.8, 4) is 0 Å². The first-order valence-corrected chi connectivity index (χ1v) is 8.48. The second-order valence-electron chi connectivity index (χ2n) is 6.85. The summed E-state index contributed by atoms with van der Waals surface area (Å²) >= 11 is 0. The summed E-state index contributed by atoms with van der Waals surface area (Å²) in [5.41, 5.74) is -0.291. The van der Waals surface area contributed by atoms with Gasteiger partial charge in [0.05, 0.1) is 5.41 Å². The summed E-state index contributed by atoms with van der Waals surface area (Å²) in [5, 5.41) is 6.43. The van der Waals surface area contributed by atoms with Gasteiger partial charge in [-0.25, -0.2) is 0 Å². The van der Waals surface area contributed by atoms with Crippen LogP contribution in [0.25, 0.3) is 0 Å². The third kappa shape index (κ3) is 2.93. The summed E-state index contributed by atoms with van der Waals surface area (Å²) in [4.78, 5) is 27.3. The fraction of sp³-hybridized carbons (Fsp3) is 0.875. The molecule has 2 aliphatic heterocycles. The van der Waals surface area contributed by atoms with Gasteiger partial charge in [-0.2, -0.15) is 0 Å². The largest absolute Gasteiger partial charge is 0.352 e. The lowest BCUT2D eigenvalue weighted by Gasteiger charge is -2.40. The zero-order chi connectivity index (χ0) is 14.9. The normalized spacial score (nSPS) is 33.0. The summed E-state index contributed by atoms with van der Waals surface area (Å²) in [7, 11) is 0. The number of nitrogens with zero attached hydrogens (tertiary/aromatic N) is 1. The summed E-state index contributed by atoms with van der Waals surface area (Å²) in [6.07, 6.45) is 6.80. The molecule has 5 heteroatoms. The first kappa shape index (κ1) is 14.8. The molecule has 2 saturated heterocycles. The number of hydrogen-bond acceptors (Lipinski definition) is 3. The average Bonchev–Trinajstić information content (AvgIpc) is 3.19. The summed E-state index contributed by atoms with van der Waals surface area (Å²) in [6.45, 7) is 4.60. The standard InChI is InChI=1S/C16H27N3O2/c1-2-16(8-4-9-17-11-16)15(21)19-10-3-5-13(19)14(20)18-12-6-7-12/h12-13,17H,2-11H2,1H3,(H,18,20). The summed E-state index contributed by atoms with van der Waals surface area (Å²) in [5.74, 6) is 0.268. The molecule has 2 heterocycles. The predicted molar refractivity (Wildman–Crippen MR) is 80.7 cm³/mol. The second kappa shape index (κ2) is 5.95. The van der Waals surface area contributed by atoms with Gasteiger partial charge in [-0.15, -0.1) is 0 Å². The van der Waals surface area contributed by atoms with E-state index >= 15 is 0 Å². The molecule has 0 aromatic rings. The van der Waals surface area contributed by atoms with Crippen LogP contribution in [0.2, 0.25) is 0 Å². The molecule has 0 radical (unpaired) electrons. The fourth-order valence-corrected chi connectivity index (χ4v) is 3.72. The number of hydrogen-bond donors (Lipinski definition) is 2. The quantitative estimate of drug-likeness (QED) is 0.814. The van der Waals surface area contributed by atoms with Crippen molar-refractivity contribution in [1.82, 2.24) is 15.5 Å². The Morgan fingerprint density at radius 2 is 2.10 bits per heavy atom. The van der Waals surface area contributed by atoms with E-state index in [2.05, 4.69) is 17.6 Å². The molecule has 2 atom stereocenters. The Morgan fingerprint density at radius 3 is 2.71 bits per heavy atom.